The summed E-state index contributed by atoms with van der Waals surface area (Å²) in [6.45, 7) is 14.3. The first-order valence-electron chi connectivity index (χ1n) is 8.36. The molecule has 1 saturated heterocycles. The van der Waals surface area contributed by atoms with Crippen molar-refractivity contribution in [3.63, 3.8) is 0 Å². The molecule has 1 aromatic heterocycles. The Morgan fingerprint density at radius 1 is 1.35 bits per heavy atom. The van der Waals surface area contributed by atoms with Crippen molar-refractivity contribution in [2.45, 2.75) is 78.0 Å². The van der Waals surface area contributed by atoms with E-state index in [1.54, 1.807) is 10.9 Å². The predicted octanol–water partition coefficient (Wildman–Crippen LogP) is 2.86. The zero-order valence-electron chi connectivity index (χ0n) is 15.4. The van der Waals surface area contributed by atoms with E-state index in [9.17, 15) is 5.26 Å². The van der Waals surface area contributed by atoms with Crippen LogP contribution in [0, 0.1) is 17.2 Å². The lowest BCUT2D eigenvalue weighted by Gasteiger charge is -2.32. The Morgan fingerprint density at radius 2 is 1.91 bits per heavy atom. The quantitative estimate of drug-likeness (QED) is 0.784. The van der Waals surface area contributed by atoms with Crippen molar-refractivity contribution in [2.24, 2.45) is 5.92 Å². The van der Waals surface area contributed by atoms with Gasteiger partial charge in [0, 0.05) is 17.9 Å². The summed E-state index contributed by atoms with van der Waals surface area (Å²) in [6, 6.07) is 2.42. The minimum Gasteiger partial charge on any atom is -0.399 e. The van der Waals surface area contributed by atoms with Crippen LogP contribution in [-0.2, 0) is 14.8 Å². The topological polar surface area (TPSA) is 60.1 Å². The van der Waals surface area contributed by atoms with Crippen LogP contribution >= 0.6 is 0 Å². The van der Waals surface area contributed by atoms with E-state index >= 15 is 0 Å². The molecule has 2 atom stereocenters. The molecule has 1 aliphatic heterocycles. The SMILES string of the molecule is CC[C@@H](C)CC(C)(C#N)n1cc(B2OC(C)(C)C(C)(C)O2)cn1. The van der Waals surface area contributed by atoms with Gasteiger partial charge in [-0.3, -0.25) is 4.68 Å². The number of rotatable bonds is 5. The highest BCUT2D eigenvalue weighted by molar-refractivity contribution is 6.62. The molecule has 1 aromatic rings. The van der Waals surface area contributed by atoms with Gasteiger partial charge in [0.05, 0.1) is 17.3 Å². The van der Waals surface area contributed by atoms with E-state index in [1.165, 1.54) is 0 Å². The van der Waals surface area contributed by atoms with Crippen molar-refractivity contribution < 1.29 is 9.31 Å². The maximum absolute atomic E-state index is 9.65. The second kappa shape index (κ2) is 5.96. The highest BCUT2D eigenvalue weighted by Gasteiger charge is 2.52. The molecular formula is C17H28BN3O2. The number of nitriles is 1. The predicted molar refractivity (Wildman–Crippen MR) is 91.3 cm³/mol. The highest BCUT2D eigenvalue weighted by Crippen LogP contribution is 2.36. The molecule has 1 fully saturated rings. The summed E-state index contributed by atoms with van der Waals surface area (Å²) < 4.78 is 13.9. The smallest absolute Gasteiger partial charge is 0.399 e. The molecule has 0 N–H and O–H groups in total. The summed E-state index contributed by atoms with van der Waals surface area (Å²) in [4.78, 5) is 0. The average Bonchev–Trinajstić information content (AvgIpc) is 3.02. The maximum Gasteiger partial charge on any atom is 0.498 e. The van der Waals surface area contributed by atoms with Crippen molar-refractivity contribution in [3.8, 4) is 6.07 Å². The maximum atomic E-state index is 9.65. The first-order valence-corrected chi connectivity index (χ1v) is 8.36. The van der Waals surface area contributed by atoms with Crippen LogP contribution in [0.15, 0.2) is 12.4 Å². The van der Waals surface area contributed by atoms with Crippen molar-refractivity contribution in [2.75, 3.05) is 0 Å². The molecule has 23 heavy (non-hydrogen) atoms. The van der Waals surface area contributed by atoms with Crippen LogP contribution in [0.2, 0.25) is 0 Å². The minimum absolute atomic E-state index is 0.380. The summed E-state index contributed by atoms with van der Waals surface area (Å²) in [5, 5.41) is 14.1. The fraction of sp³-hybridized carbons (Fsp3) is 0.765. The summed E-state index contributed by atoms with van der Waals surface area (Å²) in [6.07, 6.45) is 5.44. The van der Waals surface area contributed by atoms with Gasteiger partial charge in [-0.05, 0) is 47.0 Å². The molecule has 0 radical (unpaired) electrons. The lowest BCUT2D eigenvalue weighted by Crippen LogP contribution is -2.41. The van der Waals surface area contributed by atoms with E-state index in [2.05, 4.69) is 25.0 Å². The van der Waals surface area contributed by atoms with Crippen molar-refractivity contribution in [1.29, 1.82) is 5.26 Å². The first-order chi connectivity index (χ1) is 10.5. The van der Waals surface area contributed by atoms with E-state index < -0.39 is 12.7 Å². The summed E-state index contributed by atoms with van der Waals surface area (Å²) in [5.74, 6) is 0.462. The Hall–Kier alpha value is -1.32. The number of aromatic nitrogens is 2. The Kier molecular flexibility index (Phi) is 4.67. The molecule has 0 bridgehead atoms. The molecule has 0 aromatic carbocycles. The van der Waals surface area contributed by atoms with E-state index in [1.807, 2.05) is 40.8 Å². The fourth-order valence-corrected chi connectivity index (χ4v) is 2.72. The molecule has 5 nitrogen and oxygen atoms in total. The molecule has 6 heteroatoms. The Morgan fingerprint density at radius 3 is 2.39 bits per heavy atom. The molecule has 1 unspecified atom stereocenters. The average molecular weight is 317 g/mol. The summed E-state index contributed by atoms with van der Waals surface area (Å²) >= 11 is 0. The van der Waals surface area contributed by atoms with Gasteiger partial charge in [-0.1, -0.05) is 20.3 Å². The van der Waals surface area contributed by atoms with Gasteiger partial charge in [-0.15, -0.1) is 0 Å². The Labute approximate surface area is 140 Å². The monoisotopic (exact) mass is 317 g/mol. The molecule has 0 spiro atoms. The van der Waals surface area contributed by atoms with Crippen LogP contribution in [0.3, 0.4) is 0 Å². The number of nitrogens with zero attached hydrogens (tertiary/aromatic N) is 3. The molecule has 126 valence electrons. The number of hydrogen-bond donors (Lipinski definition) is 0. The van der Waals surface area contributed by atoms with E-state index in [0.717, 1.165) is 18.3 Å². The van der Waals surface area contributed by atoms with E-state index in [-0.39, 0.29) is 11.2 Å². The van der Waals surface area contributed by atoms with Gasteiger partial charge in [-0.25, -0.2) is 0 Å². The Balaban J connectivity index is 2.23. The third kappa shape index (κ3) is 3.31. The third-order valence-corrected chi connectivity index (χ3v) is 5.32. The van der Waals surface area contributed by atoms with Crippen molar-refractivity contribution in [3.05, 3.63) is 12.4 Å². The third-order valence-electron chi connectivity index (χ3n) is 5.32. The summed E-state index contributed by atoms with van der Waals surface area (Å²) in [5.41, 5.74) is -0.560. The lowest BCUT2D eigenvalue weighted by molar-refractivity contribution is 0.00578. The van der Waals surface area contributed by atoms with Gasteiger partial charge in [0.15, 0.2) is 0 Å². The van der Waals surface area contributed by atoms with Gasteiger partial charge >= 0.3 is 7.12 Å². The zero-order valence-corrected chi connectivity index (χ0v) is 15.4. The van der Waals surface area contributed by atoms with Gasteiger partial charge in [0.25, 0.3) is 0 Å². The van der Waals surface area contributed by atoms with Crippen LogP contribution in [-0.4, -0.2) is 28.1 Å². The highest BCUT2D eigenvalue weighted by atomic mass is 16.7. The van der Waals surface area contributed by atoms with Gasteiger partial charge in [0.1, 0.15) is 5.54 Å². The summed E-state index contributed by atoms with van der Waals surface area (Å²) in [7, 11) is -0.444. The number of hydrogen-bond acceptors (Lipinski definition) is 4. The van der Waals surface area contributed by atoms with Crippen molar-refractivity contribution >= 4 is 12.6 Å². The first kappa shape index (κ1) is 18.0. The second-order valence-corrected chi connectivity index (χ2v) is 7.91. The van der Waals surface area contributed by atoms with Crippen LogP contribution in [0.5, 0.6) is 0 Å². The Bertz CT molecular complexity index is 589. The lowest BCUT2D eigenvalue weighted by atomic mass is 9.81. The van der Waals surface area contributed by atoms with Crippen LogP contribution in [0.1, 0.15) is 61.3 Å². The standard InChI is InChI=1S/C17H28BN3O2/c1-8-13(2)9-17(7,12-19)21-11-14(10-20-21)18-22-15(3,4)16(5,6)23-18/h10-11,13H,8-9H2,1-7H3/t13-,17?/m1/s1. The molecule has 2 heterocycles. The van der Waals surface area contributed by atoms with Crippen LogP contribution < -0.4 is 5.46 Å². The largest absolute Gasteiger partial charge is 0.498 e. The molecule has 0 amide bonds. The molecular weight excluding hydrogens is 289 g/mol. The normalized spacial score (nSPS) is 23.3. The van der Waals surface area contributed by atoms with E-state index in [4.69, 9.17) is 9.31 Å². The molecule has 2 rings (SSSR count). The van der Waals surface area contributed by atoms with Crippen molar-refractivity contribution in [1.82, 2.24) is 9.78 Å². The fourth-order valence-electron chi connectivity index (χ4n) is 2.72. The second-order valence-electron chi connectivity index (χ2n) is 7.91. The van der Waals surface area contributed by atoms with Gasteiger partial charge < -0.3 is 9.31 Å². The van der Waals surface area contributed by atoms with Gasteiger partial charge in [0.2, 0.25) is 0 Å². The van der Waals surface area contributed by atoms with Gasteiger partial charge in [-0.2, -0.15) is 10.4 Å². The molecule has 0 saturated carbocycles. The van der Waals surface area contributed by atoms with Crippen LogP contribution in [0.4, 0.5) is 0 Å². The molecule has 0 aliphatic carbocycles. The van der Waals surface area contributed by atoms with E-state index in [0.29, 0.717) is 5.92 Å². The minimum atomic E-state index is -0.655. The van der Waals surface area contributed by atoms with Crippen LogP contribution in [0.25, 0.3) is 0 Å². The molecule has 1 aliphatic rings. The zero-order chi connectivity index (χ0) is 17.5.